The Morgan fingerprint density at radius 3 is 2.31 bits per heavy atom. The lowest BCUT2D eigenvalue weighted by Crippen LogP contribution is -1.94. The molecule has 0 saturated heterocycles. The van der Waals surface area contributed by atoms with Crippen molar-refractivity contribution in [3.63, 3.8) is 0 Å². The van der Waals surface area contributed by atoms with Gasteiger partial charge in [0, 0.05) is 0 Å². The minimum absolute atomic E-state index is 0.293. The third kappa shape index (κ3) is 2.45. The average Bonchev–Trinajstić information content (AvgIpc) is 2.33. The van der Waals surface area contributed by atoms with E-state index in [0.29, 0.717) is 4.47 Å². The highest BCUT2D eigenvalue weighted by Crippen LogP contribution is 2.30. The van der Waals surface area contributed by atoms with Gasteiger partial charge in [0.25, 0.3) is 0 Å². The summed E-state index contributed by atoms with van der Waals surface area (Å²) in [5, 5.41) is -0.316. The van der Waals surface area contributed by atoms with Crippen LogP contribution in [0.25, 0.3) is 0 Å². The van der Waals surface area contributed by atoms with Gasteiger partial charge in [-0.1, -0.05) is 36.4 Å². The van der Waals surface area contributed by atoms with Crippen molar-refractivity contribution in [2.45, 2.75) is 5.38 Å². The highest BCUT2D eigenvalue weighted by molar-refractivity contribution is 9.10. The maximum atomic E-state index is 13.3. The maximum absolute atomic E-state index is 13.3. The molecular formula is C13H9BrClF. The van der Waals surface area contributed by atoms with E-state index < -0.39 is 0 Å². The van der Waals surface area contributed by atoms with Gasteiger partial charge in [-0.05, 0) is 39.2 Å². The van der Waals surface area contributed by atoms with E-state index in [4.69, 9.17) is 11.6 Å². The van der Waals surface area contributed by atoms with Crippen LogP contribution in [0.15, 0.2) is 53.0 Å². The summed E-state index contributed by atoms with van der Waals surface area (Å²) < 4.78 is 13.8. The normalized spacial score (nSPS) is 12.4. The van der Waals surface area contributed by atoms with Crippen molar-refractivity contribution in [2.24, 2.45) is 0 Å². The van der Waals surface area contributed by atoms with E-state index in [0.717, 1.165) is 11.1 Å². The zero-order valence-electron chi connectivity index (χ0n) is 8.33. The van der Waals surface area contributed by atoms with E-state index >= 15 is 0 Å². The summed E-state index contributed by atoms with van der Waals surface area (Å²) in [6.45, 7) is 0. The van der Waals surface area contributed by atoms with Crippen LogP contribution in [-0.2, 0) is 0 Å². The predicted molar refractivity (Wildman–Crippen MR) is 68.2 cm³/mol. The summed E-state index contributed by atoms with van der Waals surface area (Å²) in [7, 11) is 0. The molecule has 0 heterocycles. The fourth-order valence-electron chi connectivity index (χ4n) is 1.48. The van der Waals surface area contributed by atoms with E-state index in [1.165, 1.54) is 6.07 Å². The largest absolute Gasteiger partial charge is 0.206 e. The molecule has 0 amide bonds. The molecule has 0 fully saturated rings. The van der Waals surface area contributed by atoms with Crippen molar-refractivity contribution in [3.05, 3.63) is 69.9 Å². The molecule has 0 aliphatic rings. The maximum Gasteiger partial charge on any atom is 0.137 e. The summed E-state index contributed by atoms with van der Waals surface area (Å²) in [6.07, 6.45) is 0. The second-order valence-corrected chi connectivity index (χ2v) is 4.74. The quantitative estimate of drug-likeness (QED) is 0.691. The Morgan fingerprint density at radius 1 is 1.00 bits per heavy atom. The first-order valence-electron chi connectivity index (χ1n) is 4.82. The predicted octanol–water partition coefficient (Wildman–Crippen LogP) is 4.92. The van der Waals surface area contributed by atoms with Crippen molar-refractivity contribution < 1.29 is 4.39 Å². The lowest BCUT2D eigenvalue weighted by molar-refractivity contribution is 0.619. The Labute approximate surface area is 107 Å². The minimum atomic E-state index is -0.316. The standard InChI is InChI=1S/C13H9BrClF/c14-11-7-6-10(8-12(11)16)13(15)9-4-2-1-3-5-9/h1-8,13H/t13-/m0/s1. The average molecular weight is 300 g/mol. The molecule has 2 aromatic carbocycles. The van der Waals surface area contributed by atoms with E-state index in [9.17, 15) is 4.39 Å². The van der Waals surface area contributed by atoms with Gasteiger partial charge >= 0.3 is 0 Å². The molecule has 0 aliphatic heterocycles. The number of hydrogen-bond donors (Lipinski definition) is 0. The van der Waals surface area contributed by atoms with E-state index in [1.807, 2.05) is 36.4 Å². The Kier molecular flexibility index (Phi) is 3.62. The number of hydrogen-bond acceptors (Lipinski definition) is 0. The monoisotopic (exact) mass is 298 g/mol. The minimum Gasteiger partial charge on any atom is -0.206 e. The van der Waals surface area contributed by atoms with Gasteiger partial charge < -0.3 is 0 Å². The van der Waals surface area contributed by atoms with Gasteiger partial charge in [-0.3, -0.25) is 0 Å². The summed E-state index contributed by atoms with van der Waals surface area (Å²) in [6, 6.07) is 14.6. The second kappa shape index (κ2) is 4.98. The van der Waals surface area contributed by atoms with E-state index in [-0.39, 0.29) is 11.2 Å². The van der Waals surface area contributed by atoms with Gasteiger partial charge in [0.05, 0.1) is 9.85 Å². The summed E-state index contributed by atoms with van der Waals surface area (Å²) in [5.74, 6) is -0.293. The number of benzene rings is 2. The highest BCUT2D eigenvalue weighted by Gasteiger charge is 2.11. The van der Waals surface area contributed by atoms with Crippen molar-refractivity contribution in [1.82, 2.24) is 0 Å². The molecular weight excluding hydrogens is 290 g/mol. The van der Waals surface area contributed by atoms with Gasteiger partial charge in [-0.15, -0.1) is 11.6 Å². The molecule has 0 spiro atoms. The van der Waals surface area contributed by atoms with Crippen molar-refractivity contribution >= 4 is 27.5 Å². The Bertz CT molecular complexity index is 485. The van der Waals surface area contributed by atoms with E-state index in [1.54, 1.807) is 6.07 Å². The molecule has 0 saturated carbocycles. The van der Waals surface area contributed by atoms with E-state index in [2.05, 4.69) is 15.9 Å². The zero-order chi connectivity index (χ0) is 11.5. The number of halogens is 3. The van der Waals surface area contributed by atoms with Crippen LogP contribution < -0.4 is 0 Å². The molecule has 0 radical (unpaired) electrons. The van der Waals surface area contributed by atoms with Gasteiger partial charge in [0.1, 0.15) is 5.82 Å². The third-order valence-corrected chi connectivity index (χ3v) is 3.48. The van der Waals surface area contributed by atoms with Crippen LogP contribution in [0, 0.1) is 5.82 Å². The number of alkyl halides is 1. The zero-order valence-corrected chi connectivity index (χ0v) is 10.7. The first-order valence-corrected chi connectivity index (χ1v) is 6.05. The van der Waals surface area contributed by atoms with Crippen molar-refractivity contribution in [1.29, 1.82) is 0 Å². The molecule has 3 heteroatoms. The summed E-state index contributed by atoms with van der Waals surface area (Å²) >= 11 is 9.39. The highest BCUT2D eigenvalue weighted by atomic mass is 79.9. The Morgan fingerprint density at radius 2 is 1.69 bits per heavy atom. The lowest BCUT2D eigenvalue weighted by atomic mass is 10.0. The van der Waals surface area contributed by atoms with Crippen molar-refractivity contribution in [3.8, 4) is 0 Å². The van der Waals surface area contributed by atoms with Crippen LogP contribution in [0.1, 0.15) is 16.5 Å². The molecule has 82 valence electrons. The fourth-order valence-corrected chi connectivity index (χ4v) is 2.01. The molecule has 0 aromatic heterocycles. The second-order valence-electron chi connectivity index (χ2n) is 3.45. The van der Waals surface area contributed by atoms with Crippen LogP contribution in [0.4, 0.5) is 4.39 Å². The van der Waals surface area contributed by atoms with Crippen molar-refractivity contribution in [2.75, 3.05) is 0 Å². The Hall–Kier alpha value is -0.860. The molecule has 0 aliphatic carbocycles. The number of rotatable bonds is 2. The fraction of sp³-hybridized carbons (Fsp3) is 0.0769. The van der Waals surface area contributed by atoms with Crippen LogP contribution in [0.3, 0.4) is 0 Å². The van der Waals surface area contributed by atoms with Crippen LogP contribution in [0.2, 0.25) is 0 Å². The summed E-state index contributed by atoms with van der Waals surface area (Å²) in [4.78, 5) is 0. The molecule has 0 bridgehead atoms. The SMILES string of the molecule is Fc1cc([C@@H](Cl)c2ccccc2)ccc1Br. The smallest absolute Gasteiger partial charge is 0.137 e. The Balaban J connectivity index is 2.34. The van der Waals surface area contributed by atoms with Crippen LogP contribution >= 0.6 is 27.5 Å². The topological polar surface area (TPSA) is 0 Å². The molecule has 0 N–H and O–H groups in total. The van der Waals surface area contributed by atoms with Gasteiger partial charge in [0.15, 0.2) is 0 Å². The first-order chi connectivity index (χ1) is 7.68. The first kappa shape index (κ1) is 11.6. The van der Waals surface area contributed by atoms with Gasteiger partial charge in [-0.2, -0.15) is 0 Å². The van der Waals surface area contributed by atoms with Gasteiger partial charge in [-0.25, -0.2) is 4.39 Å². The molecule has 0 nitrogen and oxygen atoms in total. The molecule has 16 heavy (non-hydrogen) atoms. The summed E-state index contributed by atoms with van der Waals surface area (Å²) in [5.41, 5.74) is 1.72. The lowest BCUT2D eigenvalue weighted by Gasteiger charge is -2.10. The molecule has 0 unspecified atom stereocenters. The van der Waals surface area contributed by atoms with Crippen LogP contribution in [0.5, 0.6) is 0 Å². The van der Waals surface area contributed by atoms with Crippen LogP contribution in [-0.4, -0.2) is 0 Å². The molecule has 1 atom stereocenters. The molecule has 2 rings (SSSR count). The van der Waals surface area contributed by atoms with Gasteiger partial charge in [0.2, 0.25) is 0 Å². The third-order valence-electron chi connectivity index (χ3n) is 2.33. The molecule has 2 aromatic rings.